The molecule has 0 spiro atoms. The molecule has 44 heavy (non-hydrogen) atoms. The monoisotopic (exact) mass is 626 g/mol. The van der Waals surface area contributed by atoms with Crippen LogP contribution in [-0.2, 0) is 11.4 Å². The summed E-state index contributed by atoms with van der Waals surface area (Å²) < 4.78 is 43.7. The number of alkyl halides is 2. The molecular formula is C29H26ClF3N8O3. The first kappa shape index (κ1) is 29.6. The van der Waals surface area contributed by atoms with E-state index in [-0.39, 0.29) is 34.9 Å². The highest BCUT2D eigenvalue weighted by atomic mass is 35.5. The van der Waals surface area contributed by atoms with Crippen molar-refractivity contribution in [3.63, 3.8) is 0 Å². The van der Waals surface area contributed by atoms with Gasteiger partial charge in [-0.3, -0.25) is 24.2 Å². The molecule has 15 heteroatoms. The molecule has 1 aromatic carbocycles. The molecule has 11 nitrogen and oxygen atoms in total. The number of benzene rings is 1. The fourth-order valence-electron chi connectivity index (χ4n) is 5.61. The number of hydrogen-bond acceptors (Lipinski definition) is 8. The number of nitrogens with one attached hydrogen (secondary N) is 1. The van der Waals surface area contributed by atoms with Crippen molar-refractivity contribution < 1.29 is 27.9 Å². The number of aliphatic hydroxyl groups is 1. The minimum absolute atomic E-state index is 0.0700. The zero-order chi connectivity index (χ0) is 31.3. The molecule has 0 bridgehead atoms. The van der Waals surface area contributed by atoms with Crippen molar-refractivity contribution >= 4 is 35.1 Å². The third-order valence-electron chi connectivity index (χ3n) is 8.20. The number of aliphatic hydroxyl groups excluding tert-OH is 1. The Morgan fingerprint density at radius 1 is 1.16 bits per heavy atom. The van der Waals surface area contributed by atoms with E-state index in [0.717, 1.165) is 36.7 Å². The fraction of sp³-hybridized carbons (Fsp3) is 0.345. The van der Waals surface area contributed by atoms with Crippen LogP contribution in [0.3, 0.4) is 0 Å². The summed E-state index contributed by atoms with van der Waals surface area (Å²) in [7, 11) is 0. The smallest absolute Gasteiger partial charge is 0.276 e. The molecule has 2 amide bonds. The predicted octanol–water partition coefficient (Wildman–Crippen LogP) is 4.90. The molecular weight excluding hydrogens is 601 g/mol. The molecule has 1 unspecified atom stereocenters. The lowest BCUT2D eigenvalue weighted by atomic mass is 9.76. The van der Waals surface area contributed by atoms with E-state index in [2.05, 4.69) is 30.4 Å². The third kappa shape index (κ3) is 5.17. The molecule has 2 aliphatic rings. The third-order valence-corrected chi connectivity index (χ3v) is 8.49. The van der Waals surface area contributed by atoms with Crippen LogP contribution in [0.2, 0.25) is 5.02 Å². The van der Waals surface area contributed by atoms with E-state index in [4.69, 9.17) is 11.6 Å². The standard InChI is InChI=1S/C29H26ClF3N8O3/c1-13-19(8-35-29(37-13)40-10-15-3-4-17(15)28(40)44)14(2)41-11-16(7-36-41)38-27(43)25-22(12-42)34-9-21(39-25)23-18(26(32)33)5-6-20(30)24(23)31/h5-9,11,14-15,17,26,42H,3-4,10,12H2,1-2H3,(H,38,43)/t14?,15-,17-/m1/s1. The number of fused-ring (bicyclic) bond motifs is 1. The SMILES string of the molecule is Cc1nc(N2C[C@H]3CC[C@H]3C2=O)ncc1C(C)n1cc(NC(=O)c2nc(-c3c(C(F)F)ccc(Cl)c3F)cnc2CO)cn1. The second-order valence-electron chi connectivity index (χ2n) is 10.8. The van der Waals surface area contributed by atoms with Crippen LogP contribution in [0, 0.1) is 24.6 Å². The van der Waals surface area contributed by atoms with E-state index in [1.54, 1.807) is 22.0 Å². The van der Waals surface area contributed by atoms with Crippen LogP contribution in [0.4, 0.5) is 24.8 Å². The van der Waals surface area contributed by atoms with Gasteiger partial charge in [0.05, 0.1) is 47.1 Å². The molecule has 1 saturated carbocycles. The highest BCUT2D eigenvalue weighted by Gasteiger charge is 2.47. The van der Waals surface area contributed by atoms with Crippen molar-refractivity contribution in [2.75, 3.05) is 16.8 Å². The van der Waals surface area contributed by atoms with Gasteiger partial charge in [-0.25, -0.2) is 28.1 Å². The first-order valence-corrected chi connectivity index (χ1v) is 14.2. The van der Waals surface area contributed by atoms with Gasteiger partial charge >= 0.3 is 0 Å². The zero-order valence-electron chi connectivity index (χ0n) is 23.5. The maximum absolute atomic E-state index is 14.8. The van der Waals surface area contributed by atoms with Gasteiger partial charge in [-0.1, -0.05) is 17.7 Å². The Kier molecular flexibility index (Phi) is 7.80. The van der Waals surface area contributed by atoms with Gasteiger partial charge in [0.2, 0.25) is 11.9 Å². The second-order valence-corrected chi connectivity index (χ2v) is 11.2. The molecule has 0 radical (unpaired) electrons. The molecule has 4 heterocycles. The van der Waals surface area contributed by atoms with Crippen molar-refractivity contribution in [2.24, 2.45) is 11.8 Å². The molecule has 1 aliphatic heterocycles. The lowest BCUT2D eigenvalue weighted by Crippen LogP contribution is -2.30. The van der Waals surface area contributed by atoms with Crippen LogP contribution in [0.1, 0.15) is 65.2 Å². The maximum Gasteiger partial charge on any atom is 0.276 e. The van der Waals surface area contributed by atoms with Crippen LogP contribution in [0.15, 0.2) is 36.9 Å². The summed E-state index contributed by atoms with van der Waals surface area (Å²) in [6.07, 6.45) is 4.49. The number of anilines is 2. The Bertz CT molecular complexity index is 1780. The van der Waals surface area contributed by atoms with Crippen LogP contribution in [0.5, 0.6) is 0 Å². The molecule has 2 N–H and O–H groups in total. The van der Waals surface area contributed by atoms with Gasteiger partial charge in [0.25, 0.3) is 12.3 Å². The van der Waals surface area contributed by atoms with Crippen molar-refractivity contribution in [3.8, 4) is 11.3 Å². The molecule has 1 saturated heterocycles. The van der Waals surface area contributed by atoms with Gasteiger partial charge in [-0.2, -0.15) is 5.10 Å². The van der Waals surface area contributed by atoms with Crippen LogP contribution in [-0.4, -0.2) is 53.2 Å². The normalized spacial score (nSPS) is 18.4. The lowest BCUT2D eigenvalue weighted by Gasteiger charge is -2.25. The molecule has 228 valence electrons. The average Bonchev–Trinajstić information content (AvgIpc) is 3.54. The number of carbonyl (C=O) groups is 2. The van der Waals surface area contributed by atoms with E-state index in [0.29, 0.717) is 24.1 Å². The summed E-state index contributed by atoms with van der Waals surface area (Å²) in [5.74, 6) is -1.07. The molecule has 2 fully saturated rings. The van der Waals surface area contributed by atoms with Gasteiger partial charge in [-0.15, -0.1) is 0 Å². The number of carbonyl (C=O) groups excluding carboxylic acids is 2. The van der Waals surface area contributed by atoms with Crippen molar-refractivity contribution in [1.29, 1.82) is 0 Å². The van der Waals surface area contributed by atoms with E-state index in [9.17, 15) is 27.9 Å². The van der Waals surface area contributed by atoms with Crippen molar-refractivity contribution in [2.45, 2.75) is 45.8 Å². The number of aromatic nitrogens is 6. The number of rotatable bonds is 8. The minimum Gasteiger partial charge on any atom is -0.390 e. The predicted molar refractivity (Wildman–Crippen MR) is 153 cm³/mol. The highest BCUT2D eigenvalue weighted by molar-refractivity contribution is 6.31. The molecule has 4 aromatic rings. The van der Waals surface area contributed by atoms with Gasteiger partial charge in [0.15, 0.2) is 11.5 Å². The Balaban J connectivity index is 1.22. The molecule has 1 aliphatic carbocycles. The number of halogens is 4. The van der Waals surface area contributed by atoms with Gasteiger partial charge in [0.1, 0.15) is 0 Å². The van der Waals surface area contributed by atoms with E-state index >= 15 is 0 Å². The number of aryl methyl sites for hydroxylation is 1. The van der Waals surface area contributed by atoms with E-state index in [1.807, 2.05) is 13.8 Å². The van der Waals surface area contributed by atoms with E-state index in [1.165, 1.54) is 6.20 Å². The van der Waals surface area contributed by atoms with Gasteiger partial charge < -0.3 is 10.4 Å². The minimum atomic E-state index is -3.05. The average molecular weight is 627 g/mol. The largest absolute Gasteiger partial charge is 0.390 e. The molecule has 6 rings (SSSR count). The topological polar surface area (TPSA) is 139 Å². The Labute approximate surface area is 254 Å². The summed E-state index contributed by atoms with van der Waals surface area (Å²) in [5, 5.41) is 16.3. The van der Waals surface area contributed by atoms with Crippen molar-refractivity contribution in [1.82, 2.24) is 29.7 Å². The zero-order valence-corrected chi connectivity index (χ0v) is 24.3. The lowest BCUT2D eigenvalue weighted by molar-refractivity contribution is -0.123. The maximum atomic E-state index is 14.8. The summed E-state index contributed by atoms with van der Waals surface area (Å²) in [6, 6.07) is 1.62. The second kappa shape index (κ2) is 11.6. The first-order valence-electron chi connectivity index (χ1n) is 13.8. The summed E-state index contributed by atoms with van der Waals surface area (Å²) in [4.78, 5) is 44.6. The first-order chi connectivity index (χ1) is 21.1. The molecule has 3 atom stereocenters. The summed E-state index contributed by atoms with van der Waals surface area (Å²) >= 11 is 5.83. The van der Waals surface area contributed by atoms with Gasteiger partial charge in [-0.05, 0) is 38.7 Å². The van der Waals surface area contributed by atoms with Gasteiger partial charge in [0, 0.05) is 47.2 Å². The number of hydrogen-bond donors (Lipinski definition) is 2. The number of amides is 2. The Morgan fingerprint density at radius 3 is 2.59 bits per heavy atom. The summed E-state index contributed by atoms with van der Waals surface area (Å²) in [5.41, 5.74) is -0.477. The highest BCUT2D eigenvalue weighted by Crippen LogP contribution is 2.42. The van der Waals surface area contributed by atoms with Crippen LogP contribution >= 0.6 is 11.6 Å². The van der Waals surface area contributed by atoms with Crippen LogP contribution < -0.4 is 10.2 Å². The van der Waals surface area contributed by atoms with E-state index < -0.39 is 46.6 Å². The molecule has 3 aromatic heterocycles. The number of nitrogens with zero attached hydrogens (tertiary/aromatic N) is 7. The van der Waals surface area contributed by atoms with Crippen molar-refractivity contribution in [3.05, 3.63) is 76.0 Å². The fourth-order valence-corrected chi connectivity index (χ4v) is 5.77. The summed E-state index contributed by atoms with van der Waals surface area (Å²) in [6.45, 7) is 3.63. The van der Waals surface area contributed by atoms with Crippen LogP contribution in [0.25, 0.3) is 11.3 Å². The Hall–Kier alpha value is -4.43. The Morgan fingerprint density at radius 2 is 1.95 bits per heavy atom. The quantitative estimate of drug-likeness (QED) is 0.282.